The Morgan fingerprint density at radius 2 is 1.64 bits per heavy atom. The minimum Gasteiger partial charge on any atom is -0.490 e. The van der Waals surface area contributed by atoms with Gasteiger partial charge in [0, 0.05) is 6.08 Å². The van der Waals surface area contributed by atoms with E-state index in [-0.39, 0.29) is 6.61 Å². The molecule has 0 atom stereocenters. The first-order valence-corrected chi connectivity index (χ1v) is 8.78. The molecule has 0 radical (unpaired) electrons. The lowest BCUT2D eigenvalue weighted by molar-refractivity contribution is -0.128. The molecule has 146 valence electrons. The van der Waals surface area contributed by atoms with Crippen LogP contribution >= 0.6 is 0 Å². The van der Waals surface area contributed by atoms with Crippen molar-refractivity contribution in [2.24, 2.45) is 0 Å². The van der Waals surface area contributed by atoms with Crippen molar-refractivity contribution in [2.75, 3.05) is 13.2 Å². The summed E-state index contributed by atoms with van der Waals surface area (Å²) >= 11 is 0. The number of nitrogens with one attached hydrogen (secondary N) is 2. The van der Waals surface area contributed by atoms with Crippen LogP contribution in [0.15, 0.2) is 61.2 Å². The predicted octanol–water partition coefficient (Wildman–Crippen LogP) is 3.11. The van der Waals surface area contributed by atoms with Crippen molar-refractivity contribution in [3.05, 3.63) is 77.9 Å². The molecule has 0 bridgehead atoms. The monoisotopic (exact) mass is 380 g/mol. The molecule has 2 N–H and O–H groups in total. The molecule has 0 aliphatic carbocycles. The smallest absolute Gasteiger partial charge is 0.276 e. The molecule has 28 heavy (non-hydrogen) atoms. The van der Waals surface area contributed by atoms with Crippen LogP contribution in [0.4, 0.5) is 0 Å². The Morgan fingerprint density at radius 1 is 0.964 bits per heavy atom. The average molecular weight is 380 g/mol. The summed E-state index contributed by atoms with van der Waals surface area (Å²) in [4.78, 5) is 23.6. The highest BCUT2D eigenvalue weighted by molar-refractivity contribution is 5.93. The summed E-state index contributed by atoms with van der Waals surface area (Å²) in [6, 6.07) is 12.9. The molecule has 0 spiro atoms. The van der Waals surface area contributed by atoms with Crippen LogP contribution in [0.3, 0.4) is 0 Å². The van der Waals surface area contributed by atoms with Crippen LogP contribution in [0.1, 0.15) is 16.7 Å². The fourth-order valence-electron chi connectivity index (χ4n) is 2.38. The normalized spacial score (nSPS) is 10.4. The molecule has 6 nitrogen and oxygen atoms in total. The molecule has 0 saturated carbocycles. The Bertz CT molecular complexity index is 837. The molecule has 0 saturated heterocycles. The van der Waals surface area contributed by atoms with Gasteiger partial charge in [-0.3, -0.25) is 20.4 Å². The van der Waals surface area contributed by atoms with Crippen LogP contribution < -0.4 is 20.3 Å². The van der Waals surface area contributed by atoms with E-state index in [9.17, 15) is 9.59 Å². The SMILES string of the molecule is C=CCOc1ccc(/C=C/C(=O)NNC(=O)COc2cc(C)cc(C)c2)cc1. The van der Waals surface area contributed by atoms with Crippen molar-refractivity contribution in [1.82, 2.24) is 10.9 Å². The second kappa shape index (κ2) is 10.6. The Morgan fingerprint density at radius 3 is 2.29 bits per heavy atom. The van der Waals surface area contributed by atoms with E-state index in [4.69, 9.17) is 9.47 Å². The van der Waals surface area contributed by atoms with E-state index >= 15 is 0 Å². The summed E-state index contributed by atoms with van der Waals surface area (Å²) in [6.07, 6.45) is 4.62. The van der Waals surface area contributed by atoms with E-state index in [0.717, 1.165) is 22.4 Å². The van der Waals surface area contributed by atoms with Gasteiger partial charge in [-0.05, 0) is 60.9 Å². The van der Waals surface area contributed by atoms with Gasteiger partial charge in [0.15, 0.2) is 6.61 Å². The van der Waals surface area contributed by atoms with Gasteiger partial charge in [-0.15, -0.1) is 0 Å². The largest absolute Gasteiger partial charge is 0.490 e. The van der Waals surface area contributed by atoms with Crippen LogP contribution in [0.2, 0.25) is 0 Å². The summed E-state index contributed by atoms with van der Waals surface area (Å²) < 4.78 is 10.8. The minimum atomic E-state index is -0.454. The van der Waals surface area contributed by atoms with Crippen LogP contribution in [0.25, 0.3) is 6.08 Å². The van der Waals surface area contributed by atoms with Gasteiger partial charge in [0.1, 0.15) is 18.1 Å². The standard InChI is InChI=1S/C22H24N2O4/c1-4-11-27-19-8-5-18(6-9-19)7-10-21(25)23-24-22(26)15-28-20-13-16(2)12-17(3)14-20/h4-10,12-14H,1,11,15H2,2-3H3,(H,23,25)(H,24,26)/b10-7+. The van der Waals surface area contributed by atoms with E-state index in [1.54, 1.807) is 24.3 Å². The number of rotatable bonds is 8. The van der Waals surface area contributed by atoms with Crippen molar-refractivity contribution >= 4 is 17.9 Å². The van der Waals surface area contributed by atoms with Crippen LogP contribution in [-0.4, -0.2) is 25.0 Å². The van der Waals surface area contributed by atoms with Gasteiger partial charge in [0.05, 0.1) is 0 Å². The third kappa shape index (κ3) is 7.37. The number of benzene rings is 2. The first-order chi connectivity index (χ1) is 13.5. The summed E-state index contributed by atoms with van der Waals surface area (Å²) in [5.74, 6) is 0.424. The van der Waals surface area contributed by atoms with E-state index in [1.165, 1.54) is 6.08 Å². The van der Waals surface area contributed by atoms with Gasteiger partial charge in [-0.25, -0.2) is 0 Å². The number of carbonyl (C=O) groups excluding carboxylic acids is 2. The lowest BCUT2D eigenvalue weighted by Crippen LogP contribution is -2.43. The summed E-state index contributed by atoms with van der Waals surface area (Å²) in [6.45, 7) is 7.73. The lowest BCUT2D eigenvalue weighted by atomic mass is 10.1. The number of carbonyl (C=O) groups is 2. The summed E-state index contributed by atoms with van der Waals surface area (Å²) in [5, 5.41) is 0. The molecule has 0 unspecified atom stereocenters. The molecular formula is C22H24N2O4. The second-order valence-electron chi connectivity index (χ2n) is 6.15. The number of hydrogen-bond donors (Lipinski definition) is 2. The molecule has 6 heteroatoms. The third-order valence-corrected chi connectivity index (χ3v) is 3.57. The molecule has 2 rings (SSSR count). The zero-order valence-corrected chi connectivity index (χ0v) is 16.0. The quantitative estimate of drug-likeness (QED) is 0.419. The second-order valence-corrected chi connectivity index (χ2v) is 6.15. The van der Waals surface area contributed by atoms with Crippen molar-refractivity contribution < 1.29 is 19.1 Å². The first kappa shape index (κ1) is 20.8. The molecule has 0 fully saturated rings. The van der Waals surface area contributed by atoms with Crippen molar-refractivity contribution in [3.63, 3.8) is 0 Å². The molecule has 2 aromatic carbocycles. The molecule has 0 aromatic heterocycles. The highest BCUT2D eigenvalue weighted by atomic mass is 16.5. The number of hydrogen-bond acceptors (Lipinski definition) is 4. The molecule has 2 amide bonds. The zero-order valence-electron chi connectivity index (χ0n) is 16.0. The highest BCUT2D eigenvalue weighted by Crippen LogP contribution is 2.16. The minimum absolute atomic E-state index is 0.195. The van der Waals surface area contributed by atoms with Crippen molar-refractivity contribution in [1.29, 1.82) is 0 Å². The maximum absolute atomic E-state index is 11.8. The van der Waals surface area contributed by atoms with Crippen LogP contribution in [0, 0.1) is 13.8 Å². The Hall–Kier alpha value is -3.54. The topological polar surface area (TPSA) is 76.7 Å². The number of amides is 2. The van der Waals surface area contributed by atoms with Crippen molar-refractivity contribution in [3.8, 4) is 11.5 Å². The fourth-order valence-corrected chi connectivity index (χ4v) is 2.38. The summed E-state index contributed by atoms with van der Waals surface area (Å²) in [5.41, 5.74) is 7.54. The highest BCUT2D eigenvalue weighted by Gasteiger charge is 2.05. The Balaban J connectivity index is 1.74. The lowest BCUT2D eigenvalue weighted by Gasteiger charge is -2.09. The van der Waals surface area contributed by atoms with Gasteiger partial charge < -0.3 is 9.47 Å². The molecule has 0 heterocycles. The van der Waals surface area contributed by atoms with Gasteiger partial charge in [-0.2, -0.15) is 0 Å². The van der Waals surface area contributed by atoms with Crippen LogP contribution in [-0.2, 0) is 9.59 Å². The first-order valence-electron chi connectivity index (χ1n) is 8.78. The van der Waals surface area contributed by atoms with Gasteiger partial charge in [0.2, 0.25) is 0 Å². The fraction of sp³-hybridized carbons (Fsp3) is 0.182. The number of hydrazine groups is 1. The van der Waals surface area contributed by atoms with Gasteiger partial charge in [0.25, 0.3) is 11.8 Å². The molecule has 0 aliphatic heterocycles. The van der Waals surface area contributed by atoms with Crippen LogP contribution in [0.5, 0.6) is 11.5 Å². The van der Waals surface area contributed by atoms with E-state index in [0.29, 0.717) is 12.4 Å². The molecule has 0 aliphatic rings. The summed E-state index contributed by atoms with van der Waals surface area (Å²) in [7, 11) is 0. The maximum Gasteiger partial charge on any atom is 0.276 e. The number of aryl methyl sites for hydroxylation is 2. The van der Waals surface area contributed by atoms with Gasteiger partial charge in [-0.1, -0.05) is 30.9 Å². The van der Waals surface area contributed by atoms with Crippen molar-refractivity contribution in [2.45, 2.75) is 13.8 Å². The zero-order chi connectivity index (χ0) is 20.4. The number of ether oxygens (including phenoxy) is 2. The molecular weight excluding hydrogens is 356 g/mol. The Kier molecular flexibility index (Phi) is 7.84. The third-order valence-electron chi connectivity index (χ3n) is 3.57. The molecule has 2 aromatic rings. The average Bonchev–Trinajstić information content (AvgIpc) is 2.67. The maximum atomic E-state index is 11.8. The van der Waals surface area contributed by atoms with Gasteiger partial charge >= 0.3 is 0 Å². The van der Waals surface area contributed by atoms with E-state index < -0.39 is 11.8 Å². The predicted molar refractivity (Wildman–Crippen MR) is 109 cm³/mol. The Labute approximate surface area is 164 Å². The van der Waals surface area contributed by atoms with E-state index in [1.807, 2.05) is 44.2 Å². The van der Waals surface area contributed by atoms with E-state index in [2.05, 4.69) is 17.4 Å².